The number of ether oxygens (including phenoxy) is 1. The Labute approximate surface area is 132 Å². The Kier molecular flexibility index (Phi) is 5.12. The van der Waals surface area contributed by atoms with Crippen LogP contribution in [-0.2, 0) is 6.61 Å². The zero-order valence-corrected chi connectivity index (χ0v) is 12.2. The smallest absolute Gasteiger partial charge is 0.269 e. The van der Waals surface area contributed by atoms with Crippen molar-refractivity contribution < 1.29 is 9.66 Å². The number of allylic oxidation sites excluding steroid dienone is 1. The Bertz CT molecular complexity index is 766. The van der Waals surface area contributed by atoms with Crippen molar-refractivity contribution in [3.63, 3.8) is 0 Å². The summed E-state index contributed by atoms with van der Waals surface area (Å²) in [5.74, 6) is 0.474. The number of nitro groups is 1. The predicted octanol–water partition coefficient (Wildman–Crippen LogP) is 4.36. The van der Waals surface area contributed by atoms with Crippen LogP contribution in [0, 0.1) is 21.4 Å². The van der Waals surface area contributed by atoms with Crippen molar-refractivity contribution in [2.45, 2.75) is 6.61 Å². The molecule has 0 bridgehead atoms. The SMILES string of the molecule is N#CC=Cc1ccc(OCc2cccc([N+](=O)[O-])c2)c(Cl)c1. The van der Waals surface area contributed by atoms with E-state index in [4.69, 9.17) is 21.6 Å². The molecule has 0 aliphatic carbocycles. The summed E-state index contributed by atoms with van der Waals surface area (Å²) in [6.45, 7) is 0.175. The summed E-state index contributed by atoms with van der Waals surface area (Å²) in [5.41, 5.74) is 1.48. The lowest BCUT2D eigenvalue weighted by molar-refractivity contribution is -0.384. The van der Waals surface area contributed by atoms with Gasteiger partial charge in [0.05, 0.1) is 16.0 Å². The van der Waals surface area contributed by atoms with Crippen molar-refractivity contribution in [2.24, 2.45) is 0 Å². The largest absolute Gasteiger partial charge is 0.487 e. The van der Waals surface area contributed by atoms with Gasteiger partial charge in [0.1, 0.15) is 12.4 Å². The number of rotatable bonds is 5. The number of non-ortho nitro benzene ring substituents is 1. The molecule has 110 valence electrons. The van der Waals surface area contributed by atoms with Gasteiger partial charge < -0.3 is 4.74 Å². The normalized spacial score (nSPS) is 10.4. The quantitative estimate of drug-likeness (QED) is 0.466. The molecule has 0 aliphatic heterocycles. The first-order valence-electron chi connectivity index (χ1n) is 6.32. The van der Waals surface area contributed by atoms with Gasteiger partial charge in [0.2, 0.25) is 0 Å². The maximum atomic E-state index is 10.7. The molecule has 6 heteroatoms. The highest BCUT2D eigenvalue weighted by atomic mass is 35.5. The van der Waals surface area contributed by atoms with Crippen LogP contribution in [0.5, 0.6) is 5.75 Å². The van der Waals surface area contributed by atoms with E-state index in [1.807, 2.05) is 6.07 Å². The molecule has 0 atom stereocenters. The number of nitrogens with zero attached hydrogens (tertiary/aromatic N) is 2. The molecular formula is C16H11ClN2O3. The summed E-state index contributed by atoms with van der Waals surface area (Å²) >= 11 is 6.11. The third kappa shape index (κ3) is 4.08. The average Bonchev–Trinajstić information content (AvgIpc) is 2.52. The second-order valence-corrected chi connectivity index (χ2v) is 4.78. The fourth-order valence-corrected chi connectivity index (χ4v) is 2.04. The highest BCUT2D eigenvalue weighted by Crippen LogP contribution is 2.27. The number of halogens is 1. The van der Waals surface area contributed by atoms with Crippen LogP contribution in [0.3, 0.4) is 0 Å². The Morgan fingerprint density at radius 2 is 2.14 bits per heavy atom. The van der Waals surface area contributed by atoms with E-state index in [-0.39, 0.29) is 12.3 Å². The van der Waals surface area contributed by atoms with E-state index in [1.54, 1.807) is 36.4 Å². The Morgan fingerprint density at radius 1 is 1.32 bits per heavy atom. The fraction of sp³-hybridized carbons (Fsp3) is 0.0625. The van der Waals surface area contributed by atoms with Gasteiger partial charge in [-0.2, -0.15) is 5.26 Å². The van der Waals surface area contributed by atoms with Gasteiger partial charge >= 0.3 is 0 Å². The van der Waals surface area contributed by atoms with Crippen LogP contribution < -0.4 is 4.74 Å². The minimum Gasteiger partial charge on any atom is -0.487 e. The van der Waals surface area contributed by atoms with Gasteiger partial charge in [-0.3, -0.25) is 10.1 Å². The number of benzene rings is 2. The lowest BCUT2D eigenvalue weighted by atomic mass is 10.2. The lowest BCUT2D eigenvalue weighted by Crippen LogP contribution is -1.97. The van der Waals surface area contributed by atoms with Crippen molar-refractivity contribution in [1.82, 2.24) is 0 Å². The molecule has 5 nitrogen and oxygen atoms in total. The molecule has 0 aromatic heterocycles. The monoisotopic (exact) mass is 314 g/mol. The maximum Gasteiger partial charge on any atom is 0.269 e. The van der Waals surface area contributed by atoms with Gasteiger partial charge in [0.15, 0.2) is 0 Å². The van der Waals surface area contributed by atoms with Crippen molar-refractivity contribution in [3.8, 4) is 11.8 Å². The molecule has 0 aliphatic rings. The van der Waals surface area contributed by atoms with E-state index in [1.165, 1.54) is 18.2 Å². The molecule has 0 saturated carbocycles. The molecule has 2 aromatic rings. The van der Waals surface area contributed by atoms with Crippen LogP contribution in [0.2, 0.25) is 5.02 Å². The Morgan fingerprint density at radius 3 is 2.82 bits per heavy atom. The number of nitro benzene ring substituents is 1. The number of hydrogen-bond donors (Lipinski definition) is 0. The van der Waals surface area contributed by atoms with Crippen molar-refractivity contribution in [1.29, 1.82) is 5.26 Å². The van der Waals surface area contributed by atoms with Crippen LogP contribution in [-0.4, -0.2) is 4.92 Å². The predicted molar refractivity (Wildman–Crippen MR) is 83.5 cm³/mol. The molecule has 2 rings (SSSR count). The molecule has 22 heavy (non-hydrogen) atoms. The van der Waals surface area contributed by atoms with E-state index in [2.05, 4.69) is 0 Å². The third-order valence-corrected chi connectivity index (χ3v) is 3.12. The zero-order chi connectivity index (χ0) is 15.9. The zero-order valence-electron chi connectivity index (χ0n) is 11.4. The van der Waals surface area contributed by atoms with Crippen LogP contribution in [0.1, 0.15) is 11.1 Å². The van der Waals surface area contributed by atoms with Gasteiger partial charge in [-0.25, -0.2) is 0 Å². The van der Waals surface area contributed by atoms with E-state index in [0.29, 0.717) is 16.3 Å². The summed E-state index contributed by atoms with van der Waals surface area (Å²) in [6.07, 6.45) is 2.99. The first-order valence-corrected chi connectivity index (χ1v) is 6.70. The third-order valence-electron chi connectivity index (χ3n) is 2.82. The summed E-state index contributed by atoms with van der Waals surface area (Å²) in [4.78, 5) is 10.3. The Balaban J connectivity index is 2.09. The first kappa shape index (κ1) is 15.5. The molecule has 0 fully saturated rings. The van der Waals surface area contributed by atoms with Gasteiger partial charge in [-0.1, -0.05) is 29.8 Å². The molecular weight excluding hydrogens is 304 g/mol. The van der Waals surface area contributed by atoms with Gasteiger partial charge in [0.25, 0.3) is 5.69 Å². The highest BCUT2D eigenvalue weighted by Gasteiger charge is 2.07. The molecule has 0 unspecified atom stereocenters. The average molecular weight is 315 g/mol. The minimum atomic E-state index is -0.452. The molecule has 0 spiro atoms. The van der Waals surface area contributed by atoms with Crippen LogP contribution in [0.4, 0.5) is 5.69 Å². The summed E-state index contributed by atoms with van der Waals surface area (Å²) in [5, 5.41) is 19.6. The molecule has 2 aromatic carbocycles. The van der Waals surface area contributed by atoms with Gasteiger partial charge in [0, 0.05) is 18.2 Å². The topological polar surface area (TPSA) is 76.2 Å². The first-order chi connectivity index (χ1) is 10.6. The van der Waals surface area contributed by atoms with E-state index in [0.717, 1.165) is 5.56 Å². The molecule has 0 radical (unpaired) electrons. The molecule has 0 N–H and O–H groups in total. The van der Waals surface area contributed by atoms with Gasteiger partial charge in [-0.15, -0.1) is 0 Å². The molecule has 0 amide bonds. The number of nitriles is 1. The highest BCUT2D eigenvalue weighted by molar-refractivity contribution is 6.32. The molecule has 0 heterocycles. The maximum absolute atomic E-state index is 10.7. The number of hydrogen-bond acceptors (Lipinski definition) is 4. The van der Waals surface area contributed by atoms with Crippen molar-refractivity contribution >= 4 is 23.4 Å². The van der Waals surface area contributed by atoms with Crippen molar-refractivity contribution in [2.75, 3.05) is 0 Å². The standard InChI is InChI=1S/C16H11ClN2O3/c17-15-10-12(4-2-8-18)6-7-16(15)22-11-13-3-1-5-14(9-13)19(20)21/h1-7,9-10H,11H2. The summed E-state index contributed by atoms with van der Waals surface area (Å²) in [7, 11) is 0. The fourth-order valence-electron chi connectivity index (χ4n) is 1.79. The van der Waals surface area contributed by atoms with Crippen molar-refractivity contribution in [3.05, 3.63) is 74.8 Å². The van der Waals surface area contributed by atoms with Crippen LogP contribution >= 0.6 is 11.6 Å². The summed E-state index contributed by atoms with van der Waals surface area (Å²) in [6, 6.07) is 13.3. The van der Waals surface area contributed by atoms with Crippen LogP contribution in [0.25, 0.3) is 6.08 Å². The second-order valence-electron chi connectivity index (χ2n) is 4.37. The van der Waals surface area contributed by atoms with Gasteiger partial charge in [-0.05, 0) is 29.3 Å². The Hall–Kier alpha value is -2.84. The van der Waals surface area contributed by atoms with Crippen LogP contribution in [0.15, 0.2) is 48.5 Å². The van der Waals surface area contributed by atoms with E-state index < -0.39 is 4.92 Å². The van der Waals surface area contributed by atoms with E-state index in [9.17, 15) is 10.1 Å². The second kappa shape index (κ2) is 7.25. The minimum absolute atomic E-state index is 0.0178. The summed E-state index contributed by atoms with van der Waals surface area (Å²) < 4.78 is 5.57. The molecule has 0 saturated heterocycles. The lowest BCUT2D eigenvalue weighted by Gasteiger charge is -2.08. The van der Waals surface area contributed by atoms with E-state index >= 15 is 0 Å².